The number of aliphatic hydroxyl groups is 2. The molecule has 40 heavy (non-hydrogen) atoms. The van der Waals surface area contributed by atoms with E-state index >= 15 is 0 Å². The zero-order valence-corrected chi connectivity index (χ0v) is 21.1. The van der Waals surface area contributed by atoms with Crippen LogP contribution in [0.2, 0.25) is 0 Å². The fraction of sp³-hybridized carbons (Fsp3) is 0.231. The normalized spacial score (nSPS) is 12.1. The summed E-state index contributed by atoms with van der Waals surface area (Å²) in [5.41, 5.74) is 12.0. The maximum absolute atomic E-state index is 12.7. The Kier molecular flexibility index (Phi) is 10.4. The van der Waals surface area contributed by atoms with Gasteiger partial charge in [0.25, 0.3) is 11.8 Å². The molecular formula is C26H28N6O8. The minimum absolute atomic E-state index is 0.0840. The lowest BCUT2D eigenvalue weighted by atomic mass is 10.2. The van der Waals surface area contributed by atoms with Gasteiger partial charge in [0.05, 0.1) is 13.2 Å². The predicted molar refractivity (Wildman–Crippen MR) is 140 cm³/mol. The molecule has 0 bridgehead atoms. The molecule has 0 aliphatic rings. The van der Waals surface area contributed by atoms with E-state index in [1.54, 1.807) is 60.7 Å². The Bertz CT molecular complexity index is 1240. The number of aliphatic hydroxyl groups excluding tert-OH is 2. The van der Waals surface area contributed by atoms with Crippen LogP contribution in [0.4, 0.5) is 11.6 Å². The van der Waals surface area contributed by atoms with E-state index in [4.69, 9.17) is 20.9 Å². The van der Waals surface area contributed by atoms with Crippen molar-refractivity contribution in [1.82, 2.24) is 20.6 Å². The molecule has 2 amide bonds. The van der Waals surface area contributed by atoms with Crippen molar-refractivity contribution < 1.29 is 38.9 Å². The smallest absolute Gasteiger partial charge is 0.331 e. The number of nitrogen functional groups attached to an aromatic ring is 2. The molecule has 1 aromatic heterocycles. The molecule has 0 spiro atoms. The van der Waals surface area contributed by atoms with E-state index < -0.39 is 72.1 Å². The first-order valence-corrected chi connectivity index (χ1v) is 11.9. The van der Waals surface area contributed by atoms with Crippen molar-refractivity contribution in [3.63, 3.8) is 0 Å². The number of rotatable bonds is 12. The van der Waals surface area contributed by atoms with Gasteiger partial charge in [-0.2, -0.15) is 0 Å². The van der Waals surface area contributed by atoms with Crippen LogP contribution in [-0.4, -0.2) is 69.2 Å². The van der Waals surface area contributed by atoms with Crippen LogP contribution in [0, 0.1) is 0 Å². The number of nitrogens with one attached hydrogen (secondary N) is 2. The minimum Gasteiger partial charge on any atom is -0.459 e. The Morgan fingerprint density at radius 1 is 0.675 bits per heavy atom. The molecule has 210 valence electrons. The lowest BCUT2D eigenvalue weighted by Gasteiger charge is -2.17. The van der Waals surface area contributed by atoms with Crippen LogP contribution in [-0.2, 0) is 32.3 Å². The van der Waals surface area contributed by atoms with E-state index in [9.17, 15) is 29.4 Å². The fourth-order valence-corrected chi connectivity index (χ4v) is 3.27. The zero-order valence-electron chi connectivity index (χ0n) is 21.1. The van der Waals surface area contributed by atoms with Gasteiger partial charge in [0.2, 0.25) is 0 Å². The van der Waals surface area contributed by atoms with Crippen molar-refractivity contribution in [2.45, 2.75) is 25.3 Å². The largest absolute Gasteiger partial charge is 0.459 e. The molecule has 2 aromatic carbocycles. The van der Waals surface area contributed by atoms with E-state index in [-0.39, 0.29) is 13.2 Å². The summed E-state index contributed by atoms with van der Waals surface area (Å²) in [5, 5.41) is 23.6. The fourth-order valence-electron chi connectivity index (χ4n) is 3.27. The molecule has 0 saturated carbocycles. The van der Waals surface area contributed by atoms with Crippen LogP contribution >= 0.6 is 0 Å². The Morgan fingerprint density at radius 2 is 1.02 bits per heavy atom. The number of nitrogens with two attached hydrogens (primary N) is 2. The van der Waals surface area contributed by atoms with Crippen molar-refractivity contribution in [1.29, 1.82) is 0 Å². The van der Waals surface area contributed by atoms with Crippen molar-refractivity contribution in [2.75, 3.05) is 24.7 Å². The lowest BCUT2D eigenvalue weighted by molar-refractivity contribution is -0.149. The van der Waals surface area contributed by atoms with Gasteiger partial charge in [-0.05, 0) is 11.1 Å². The Balaban J connectivity index is 1.62. The SMILES string of the molecule is Nc1nc(C(=O)N[C@@H](CO)C(=O)OCc2ccccc2)c(N)nc1C(=O)N[C@@H](CO)C(=O)OCc1ccccc1. The Labute approximate surface area is 228 Å². The van der Waals surface area contributed by atoms with Gasteiger partial charge in [-0.25, -0.2) is 19.6 Å². The van der Waals surface area contributed by atoms with Gasteiger partial charge < -0.3 is 41.8 Å². The van der Waals surface area contributed by atoms with E-state index in [1.165, 1.54) is 0 Å². The molecule has 3 rings (SSSR count). The topological polar surface area (TPSA) is 229 Å². The Hall–Kier alpha value is -5.08. The summed E-state index contributed by atoms with van der Waals surface area (Å²) in [4.78, 5) is 57.6. The molecule has 0 aliphatic heterocycles. The van der Waals surface area contributed by atoms with Gasteiger partial charge in [0, 0.05) is 0 Å². The second-order valence-corrected chi connectivity index (χ2v) is 8.30. The van der Waals surface area contributed by atoms with Crippen LogP contribution < -0.4 is 22.1 Å². The minimum atomic E-state index is -1.45. The van der Waals surface area contributed by atoms with Crippen molar-refractivity contribution in [3.05, 3.63) is 83.2 Å². The first-order chi connectivity index (χ1) is 19.2. The molecule has 0 radical (unpaired) electrons. The summed E-state index contributed by atoms with van der Waals surface area (Å²) in [7, 11) is 0. The summed E-state index contributed by atoms with van der Waals surface area (Å²) >= 11 is 0. The quantitative estimate of drug-likeness (QED) is 0.153. The number of nitrogens with zero attached hydrogens (tertiary/aromatic N) is 2. The second kappa shape index (κ2) is 14.2. The first kappa shape index (κ1) is 29.5. The third-order valence-electron chi connectivity index (χ3n) is 5.37. The van der Waals surface area contributed by atoms with Gasteiger partial charge in [0.1, 0.15) is 13.2 Å². The molecule has 1 heterocycles. The third kappa shape index (κ3) is 7.96. The van der Waals surface area contributed by atoms with Gasteiger partial charge in [-0.1, -0.05) is 60.7 Å². The monoisotopic (exact) mass is 552 g/mol. The van der Waals surface area contributed by atoms with Crippen LogP contribution in [0.15, 0.2) is 60.7 Å². The van der Waals surface area contributed by atoms with Crippen LogP contribution in [0.25, 0.3) is 0 Å². The number of benzene rings is 2. The molecule has 14 heteroatoms. The van der Waals surface area contributed by atoms with Crippen LogP contribution in [0.5, 0.6) is 0 Å². The molecule has 0 unspecified atom stereocenters. The predicted octanol–water partition coefficient (Wildman–Crippen LogP) is -0.691. The molecular weight excluding hydrogens is 524 g/mol. The number of esters is 2. The second-order valence-electron chi connectivity index (χ2n) is 8.30. The number of anilines is 2. The number of carbonyl (C=O) groups is 4. The molecule has 8 N–H and O–H groups in total. The van der Waals surface area contributed by atoms with Gasteiger partial charge in [-0.3, -0.25) is 9.59 Å². The number of ether oxygens (including phenoxy) is 2. The van der Waals surface area contributed by atoms with Crippen molar-refractivity contribution in [2.24, 2.45) is 0 Å². The van der Waals surface area contributed by atoms with E-state index in [2.05, 4.69) is 20.6 Å². The van der Waals surface area contributed by atoms with E-state index in [0.717, 1.165) is 0 Å². The highest BCUT2D eigenvalue weighted by atomic mass is 16.5. The lowest BCUT2D eigenvalue weighted by Crippen LogP contribution is -2.45. The number of carbonyl (C=O) groups excluding carboxylic acids is 4. The molecule has 2 atom stereocenters. The molecule has 0 aliphatic carbocycles. The Morgan fingerprint density at radius 3 is 1.35 bits per heavy atom. The van der Waals surface area contributed by atoms with Crippen LogP contribution in [0.1, 0.15) is 32.1 Å². The summed E-state index contributed by atoms with van der Waals surface area (Å²) in [5.74, 6) is -4.92. The average molecular weight is 553 g/mol. The van der Waals surface area contributed by atoms with Gasteiger partial charge >= 0.3 is 11.9 Å². The number of amides is 2. The standard InChI is InChI=1S/C26H28N6O8/c27-21-19(23(35)29-17(11-33)25(37)39-13-15-7-3-1-4-8-15)31-22(28)20(32-21)24(36)30-18(12-34)26(38)40-14-16-9-5-2-6-10-16/h1-10,17-18,33-34H,11-14H2,(H2,28,31)(H2,27,32)(H,29,35)(H,30,36)/t17-,18-/m0/s1. The zero-order chi connectivity index (χ0) is 29.1. The summed E-state index contributed by atoms with van der Waals surface area (Å²) in [6.45, 7) is -1.74. The summed E-state index contributed by atoms with van der Waals surface area (Å²) < 4.78 is 10.2. The highest BCUT2D eigenvalue weighted by molar-refractivity contribution is 6.02. The third-order valence-corrected chi connectivity index (χ3v) is 5.37. The number of hydrogen-bond donors (Lipinski definition) is 6. The molecule has 14 nitrogen and oxygen atoms in total. The van der Waals surface area contributed by atoms with E-state index in [0.29, 0.717) is 11.1 Å². The number of aromatic nitrogens is 2. The van der Waals surface area contributed by atoms with Gasteiger partial charge in [0.15, 0.2) is 35.1 Å². The summed E-state index contributed by atoms with van der Waals surface area (Å²) in [6.07, 6.45) is 0. The highest BCUT2D eigenvalue weighted by Crippen LogP contribution is 2.14. The van der Waals surface area contributed by atoms with E-state index in [1.807, 2.05) is 0 Å². The average Bonchev–Trinajstić information content (AvgIpc) is 2.97. The maximum atomic E-state index is 12.7. The summed E-state index contributed by atoms with van der Waals surface area (Å²) in [6, 6.07) is 14.6. The van der Waals surface area contributed by atoms with Crippen molar-refractivity contribution >= 4 is 35.4 Å². The number of hydrogen-bond acceptors (Lipinski definition) is 12. The van der Waals surface area contributed by atoms with Gasteiger partial charge in [-0.15, -0.1) is 0 Å². The molecule has 0 fully saturated rings. The van der Waals surface area contributed by atoms with Crippen molar-refractivity contribution in [3.8, 4) is 0 Å². The molecule has 3 aromatic rings. The highest BCUT2D eigenvalue weighted by Gasteiger charge is 2.28. The first-order valence-electron chi connectivity index (χ1n) is 11.9. The maximum Gasteiger partial charge on any atom is 0.331 e. The van der Waals surface area contributed by atoms with Crippen LogP contribution in [0.3, 0.4) is 0 Å². The molecule has 0 saturated heterocycles.